The van der Waals surface area contributed by atoms with Gasteiger partial charge < -0.3 is 5.32 Å². The number of nitrogens with zero attached hydrogens (tertiary/aromatic N) is 3. The van der Waals surface area contributed by atoms with Crippen molar-refractivity contribution >= 4 is 39.6 Å². The van der Waals surface area contributed by atoms with Crippen LogP contribution in [0.3, 0.4) is 0 Å². The normalized spacial score (nSPS) is 17.1. The molecule has 1 aromatic carbocycles. The number of halogens is 2. The fourth-order valence-corrected chi connectivity index (χ4v) is 4.44. The molecule has 0 atom stereocenters. The number of hydrogen-bond acceptors (Lipinski definition) is 4. The minimum atomic E-state index is -0.340. The fourth-order valence-electron chi connectivity index (χ4n) is 4.26. The quantitative estimate of drug-likeness (QED) is 0.558. The Morgan fingerprint density at radius 1 is 1.00 bits per heavy atom. The average Bonchev–Trinajstić information content (AvgIpc) is 3.25. The van der Waals surface area contributed by atoms with Crippen molar-refractivity contribution in [3.63, 3.8) is 0 Å². The van der Waals surface area contributed by atoms with Gasteiger partial charge in [-0.2, -0.15) is 0 Å². The number of pyridine rings is 2. The standard InChI is InChI=1S/C24H22ClFN4/c25-15-6-7-20(26)19(12-15)24-18(10-11-27-24)21-8-9-22-23(30-21)13-17(14-28-22)29-16-4-2-1-3-5-16/h6-10,12-14,16,29H,1-5,11H2. The number of anilines is 1. The highest BCUT2D eigenvalue weighted by Gasteiger charge is 2.21. The Labute approximate surface area is 179 Å². The summed E-state index contributed by atoms with van der Waals surface area (Å²) < 4.78 is 14.4. The lowest BCUT2D eigenvalue weighted by Gasteiger charge is -2.23. The second-order valence-corrected chi connectivity index (χ2v) is 8.31. The van der Waals surface area contributed by atoms with Crippen LogP contribution in [-0.2, 0) is 0 Å². The summed E-state index contributed by atoms with van der Waals surface area (Å²) in [7, 11) is 0. The Morgan fingerprint density at radius 2 is 1.87 bits per heavy atom. The van der Waals surface area contributed by atoms with Crippen molar-refractivity contribution in [1.29, 1.82) is 0 Å². The van der Waals surface area contributed by atoms with Gasteiger partial charge in [-0.25, -0.2) is 9.37 Å². The number of fused-ring (bicyclic) bond motifs is 1. The van der Waals surface area contributed by atoms with Gasteiger partial charge >= 0.3 is 0 Å². The molecule has 2 aliphatic rings. The van der Waals surface area contributed by atoms with E-state index in [4.69, 9.17) is 16.6 Å². The maximum absolute atomic E-state index is 14.4. The van der Waals surface area contributed by atoms with Crippen LogP contribution in [0.1, 0.15) is 43.4 Å². The first kappa shape index (κ1) is 19.2. The number of allylic oxidation sites excluding steroid dienone is 1. The van der Waals surface area contributed by atoms with Crippen LogP contribution in [0.25, 0.3) is 16.6 Å². The van der Waals surface area contributed by atoms with Crippen LogP contribution in [0.15, 0.2) is 53.7 Å². The van der Waals surface area contributed by atoms with Gasteiger partial charge in [-0.15, -0.1) is 0 Å². The van der Waals surface area contributed by atoms with E-state index in [1.54, 1.807) is 12.1 Å². The highest BCUT2D eigenvalue weighted by Crippen LogP contribution is 2.28. The summed E-state index contributed by atoms with van der Waals surface area (Å²) in [6.45, 7) is 0.498. The Hall–Kier alpha value is -2.79. The molecule has 1 aliphatic carbocycles. The summed E-state index contributed by atoms with van der Waals surface area (Å²) >= 11 is 6.09. The third kappa shape index (κ3) is 3.82. The summed E-state index contributed by atoms with van der Waals surface area (Å²) in [5.41, 5.74) is 5.21. The van der Waals surface area contributed by atoms with Gasteiger partial charge in [-0.3, -0.25) is 9.98 Å². The van der Waals surface area contributed by atoms with Crippen LogP contribution in [0.5, 0.6) is 0 Å². The van der Waals surface area contributed by atoms with E-state index >= 15 is 0 Å². The Balaban J connectivity index is 1.46. The number of aliphatic imine (C=N–C) groups is 1. The third-order valence-electron chi connectivity index (χ3n) is 5.77. The molecule has 152 valence electrons. The molecule has 0 spiro atoms. The van der Waals surface area contributed by atoms with Gasteiger partial charge in [0.2, 0.25) is 0 Å². The zero-order valence-electron chi connectivity index (χ0n) is 16.5. The van der Waals surface area contributed by atoms with Crippen molar-refractivity contribution in [2.45, 2.75) is 38.1 Å². The summed E-state index contributed by atoms with van der Waals surface area (Å²) in [5, 5.41) is 4.09. The summed E-state index contributed by atoms with van der Waals surface area (Å²) in [5.74, 6) is -0.340. The SMILES string of the molecule is Fc1ccc(Cl)cc1C1=NCC=C1c1ccc2ncc(NC3CCCCC3)cc2n1. The van der Waals surface area contributed by atoms with Crippen LogP contribution in [0.4, 0.5) is 10.1 Å². The molecule has 30 heavy (non-hydrogen) atoms. The topological polar surface area (TPSA) is 50.2 Å². The molecule has 6 heteroatoms. The number of rotatable bonds is 4. The van der Waals surface area contributed by atoms with E-state index in [1.165, 1.54) is 38.2 Å². The van der Waals surface area contributed by atoms with Crippen molar-refractivity contribution in [2.24, 2.45) is 4.99 Å². The Bertz CT molecular complexity index is 1170. The predicted molar refractivity (Wildman–Crippen MR) is 121 cm³/mol. The number of benzene rings is 1. The minimum absolute atomic E-state index is 0.340. The molecular formula is C24H22ClFN4. The van der Waals surface area contributed by atoms with Crippen LogP contribution < -0.4 is 5.32 Å². The molecule has 0 unspecified atom stereocenters. The zero-order chi connectivity index (χ0) is 20.5. The minimum Gasteiger partial charge on any atom is -0.381 e. The predicted octanol–water partition coefficient (Wildman–Crippen LogP) is 6.05. The van der Waals surface area contributed by atoms with Crippen molar-refractivity contribution in [1.82, 2.24) is 9.97 Å². The van der Waals surface area contributed by atoms with E-state index < -0.39 is 0 Å². The van der Waals surface area contributed by atoms with Crippen molar-refractivity contribution in [3.05, 3.63) is 70.8 Å². The van der Waals surface area contributed by atoms with Crippen molar-refractivity contribution in [3.8, 4) is 0 Å². The van der Waals surface area contributed by atoms with Crippen LogP contribution in [0.2, 0.25) is 5.02 Å². The smallest absolute Gasteiger partial charge is 0.132 e. The molecule has 0 radical (unpaired) electrons. The monoisotopic (exact) mass is 420 g/mol. The van der Waals surface area contributed by atoms with Crippen molar-refractivity contribution in [2.75, 3.05) is 11.9 Å². The zero-order valence-corrected chi connectivity index (χ0v) is 17.3. The molecule has 3 heterocycles. The largest absolute Gasteiger partial charge is 0.381 e. The second kappa shape index (κ2) is 8.15. The fraction of sp³-hybridized carbons (Fsp3) is 0.292. The van der Waals surface area contributed by atoms with Crippen LogP contribution in [-0.4, -0.2) is 28.3 Å². The molecule has 0 bridgehead atoms. The van der Waals surface area contributed by atoms with Gasteiger partial charge in [0.1, 0.15) is 5.82 Å². The number of hydrogen-bond donors (Lipinski definition) is 1. The molecule has 1 aliphatic heterocycles. The highest BCUT2D eigenvalue weighted by molar-refractivity contribution is 6.35. The lowest BCUT2D eigenvalue weighted by molar-refractivity contribution is 0.462. The third-order valence-corrected chi connectivity index (χ3v) is 6.01. The van der Waals surface area contributed by atoms with Gasteiger partial charge in [-0.1, -0.05) is 36.9 Å². The molecule has 0 amide bonds. The average molecular weight is 421 g/mol. The molecule has 0 saturated heterocycles. The van der Waals surface area contributed by atoms with E-state index in [1.807, 2.05) is 30.5 Å². The summed E-state index contributed by atoms with van der Waals surface area (Å²) in [4.78, 5) is 13.9. The highest BCUT2D eigenvalue weighted by atomic mass is 35.5. The van der Waals surface area contributed by atoms with E-state index in [0.29, 0.717) is 28.9 Å². The first-order valence-corrected chi connectivity index (χ1v) is 10.8. The first-order valence-electron chi connectivity index (χ1n) is 10.4. The molecule has 2 aromatic heterocycles. The molecule has 1 fully saturated rings. The molecule has 4 nitrogen and oxygen atoms in total. The van der Waals surface area contributed by atoms with Crippen LogP contribution in [0, 0.1) is 5.82 Å². The maximum Gasteiger partial charge on any atom is 0.132 e. The van der Waals surface area contributed by atoms with E-state index in [0.717, 1.165) is 28.0 Å². The van der Waals surface area contributed by atoms with Crippen molar-refractivity contribution < 1.29 is 4.39 Å². The Kier molecular flexibility index (Phi) is 5.21. The van der Waals surface area contributed by atoms with Gasteiger partial charge in [0.25, 0.3) is 0 Å². The summed E-state index contributed by atoms with van der Waals surface area (Å²) in [6.07, 6.45) is 10.1. The summed E-state index contributed by atoms with van der Waals surface area (Å²) in [6, 6.07) is 10.9. The van der Waals surface area contributed by atoms with Gasteiger partial charge in [0, 0.05) is 22.2 Å². The maximum atomic E-state index is 14.4. The van der Waals surface area contributed by atoms with E-state index in [-0.39, 0.29) is 5.82 Å². The van der Waals surface area contributed by atoms with Gasteiger partial charge in [0.15, 0.2) is 0 Å². The number of aromatic nitrogens is 2. The molecule has 1 saturated carbocycles. The lowest BCUT2D eigenvalue weighted by Crippen LogP contribution is -2.22. The lowest BCUT2D eigenvalue weighted by atomic mass is 9.95. The molecule has 5 rings (SSSR count). The van der Waals surface area contributed by atoms with E-state index in [2.05, 4.69) is 15.3 Å². The first-order chi connectivity index (χ1) is 14.7. The van der Waals surface area contributed by atoms with E-state index in [9.17, 15) is 4.39 Å². The molecule has 3 aromatic rings. The molecular weight excluding hydrogens is 399 g/mol. The molecule has 1 N–H and O–H groups in total. The van der Waals surface area contributed by atoms with Crippen LogP contribution >= 0.6 is 11.6 Å². The second-order valence-electron chi connectivity index (χ2n) is 7.87. The Morgan fingerprint density at radius 3 is 2.73 bits per heavy atom. The van der Waals surface area contributed by atoms with Gasteiger partial charge in [-0.05, 0) is 49.2 Å². The van der Waals surface area contributed by atoms with Gasteiger partial charge in [0.05, 0.1) is 40.9 Å². The number of nitrogens with one attached hydrogen (secondary N) is 1.